The maximum absolute atomic E-state index is 13.2. The average molecular weight is 518 g/mol. The van der Waals surface area contributed by atoms with Gasteiger partial charge in [0.1, 0.15) is 10.7 Å². The molecule has 2 N–H and O–H groups in total. The van der Waals surface area contributed by atoms with Gasteiger partial charge in [0, 0.05) is 16.9 Å². The number of hydrogen-bond donors (Lipinski definition) is 2. The number of aryl methyl sites for hydroxylation is 1. The fourth-order valence-corrected chi connectivity index (χ4v) is 3.92. The SMILES string of the molecule is Cc1cccc(NC(=O)c2cccc(NC3=C(Cl)C(=O)N(c4cccc(C(=O)OC(C)C)c4)C3=O)c2)c1. The van der Waals surface area contributed by atoms with E-state index in [1.54, 1.807) is 50.2 Å². The van der Waals surface area contributed by atoms with Crippen molar-refractivity contribution >= 4 is 52.4 Å². The van der Waals surface area contributed by atoms with E-state index < -0.39 is 17.8 Å². The lowest BCUT2D eigenvalue weighted by molar-refractivity contribution is -0.120. The molecule has 0 radical (unpaired) electrons. The number of ether oxygens (including phenoxy) is 1. The Kier molecular flexibility index (Phi) is 7.40. The van der Waals surface area contributed by atoms with Crippen LogP contribution in [0.1, 0.15) is 40.1 Å². The summed E-state index contributed by atoms with van der Waals surface area (Å²) in [6.07, 6.45) is -0.326. The molecule has 1 aliphatic rings. The Morgan fingerprint density at radius 1 is 0.865 bits per heavy atom. The molecule has 0 atom stereocenters. The zero-order valence-electron chi connectivity index (χ0n) is 20.4. The first-order chi connectivity index (χ1) is 17.6. The highest BCUT2D eigenvalue weighted by Crippen LogP contribution is 2.31. The minimum atomic E-state index is -0.739. The number of nitrogens with one attached hydrogen (secondary N) is 2. The maximum atomic E-state index is 13.2. The van der Waals surface area contributed by atoms with E-state index in [1.807, 2.05) is 25.1 Å². The number of esters is 1. The summed E-state index contributed by atoms with van der Waals surface area (Å²) in [5.74, 6) is -2.35. The molecule has 0 fully saturated rings. The monoisotopic (exact) mass is 517 g/mol. The van der Waals surface area contributed by atoms with Crippen LogP contribution in [-0.2, 0) is 14.3 Å². The largest absolute Gasteiger partial charge is 0.459 e. The molecule has 4 rings (SSSR count). The van der Waals surface area contributed by atoms with Crippen molar-refractivity contribution in [2.75, 3.05) is 15.5 Å². The minimum absolute atomic E-state index is 0.141. The average Bonchev–Trinajstić information content (AvgIpc) is 3.07. The lowest BCUT2D eigenvalue weighted by Gasteiger charge is -2.16. The van der Waals surface area contributed by atoms with Crippen LogP contribution < -0.4 is 15.5 Å². The van der Waals surface area contributed by atoms with Crippen molar-refractivity contribution in [3.63, 3.8) is 0 Å². The second-order valence-corrected chi connectivity index (χ2v) is 9.05. The molecular formula is C28H24ClN3O5. The molecule has 0 bridgehead atoms. The zero-order valence-corrected chi connectivity index (χ0v) is 21.1. The van der Waals surface area contributed by atoms with E-state index in [0.717, 1.165) is 10.5 Å². The van der Waals surface area contributed by atoms with E-state index in [0.29, 0.717) is 16.9 Å². The minimum Gasteiger partial charge on any atom is -0.459 e. The van der Waals surface area contributed by atoms with Gasteiger partial charge >= 0.3 is 5.97 Å². The standard InChI is InChI=1S/C28H24ClN3O5/c1-16(2)37-28(36)19-9-6-12-22(15-19)32-26(34)23(29)24(27(32)35)30-21-11-5-8-18(14-21)25(33)31-20-10-4-7-17(3)13-20/h4-16,30H,1-3H3,(H,31,33). The number of nitrogens with zero attached hydrogens (tertiary/aromatic N) is 1. The van der Waals surface area contributed by atoms with Gasteiger partial charge in [0.25, 0.3) is 17.7 Å². The molecule has 9 heteroatoms. The molecule has 3 aromatic carbocycles. The smallest absolute Gasteiger partial charge is 0.338 e. The van der Waals surface area contributed by atoms with Crippen molar-refractivity contribution in [1.82, 2.24) is 0 Å². The summed E-state index contributed by atoms with van der Waals surface area (Å²) in [6.45, 7) is 5.37. The van der Waals surface area contributed by atoms with Gasteiger partial charge in [-0.1, -0.05) is 35.9 Å². The molecule has 1 aliphatic heterocycles. The molecule has 0 spiro atoms. The van der Waals surface area contributed by atoms with Crippen LogP contribution in [0.3, 0.4) is 0 Å². The van der Waals surface area contributed by atoms with Crippen LogP contribution in [0.4, 0.5) is 17.1 Å². The summed E-state index contributed by atoms with van der Waals surface area (Å²) in [5, 5.41) is 5.38. The maximum Gasteiger partial charge on any atom is 0.338 e. The molecule has 3 amide bonds. The van der Waals surface area contributed by atoms with Gasteiger partial charge in [-0.3, -0.25) is 14.4 Å². The van der Waals surface area contributed by atoms with Crippen molar-refractivity contribution in [3.8, 4) is 0 Å². The van der Waals surface area contributed by atoms with Gasteiger partial charge in [0.05, 0.1) is 17.4 Å². The normalized spacial score (nSPS) is 13.3. The van der Waals surface area contributed by atoms with Crippen LogP contribution in [0.2, 0.25) is 0 Å². The van der Waals surface area contributed by atoms with Crippen LogP contribution >= 0.6 is 11.6 Å². The van der Waals surface area contributed by atoms with E-state index in [4.69, 9.17) is 16.3 Å². The summed E-state index contributed by atoms with van der Waals surface area (Å²) >= 11 is 6.25. The van der Waals surface area contributed by atoms with E-state index in [-0.39, 0.29) is 34.0 Å². The van der Waals surface area contributed by atoms with Gasteiger partial charge in [-0.05, 0) is 74.9 Å². The number of halogens is 1. The van der Waals surface area contributed by atoms with E-state index >= 15 is 0 Å². The Labute approximate surface area is 218 Å². The van der Waals surface area contributed by atoms with E-state index in [2.05, 4.69) is 10.6 Å². The molecular weight excluding hydrogens is 494 g/mol. The number of amides is 3. The second-order valence-electron chi connectivity index (χ2n) is 8.67. The number of carbonyl (C=O) groups excluding carboxylic acids is 4. The third-order valence-electron chi connectivity index (χ3n) is 5.38. The summed E-state index contributed by atoms with van der Waals surface area (Å²) in [7, 11) is 0. The molecule has 3 aromatic rings. The Morgan fingerprint density at radius 2 is 1.54 bits per heavy atom. The molecule has 0 aromatic heterocycles. The lowest BCUT2D eigenvalue weighted by Crippen LogP contribution is -2.32. The van der Waals surface area contributed by atoms with Gasteiger partial charge in [0.2, 0.25) is 0 Å². The highest BCUT2D eigenvalue weighted by atomic mass is 35.5. The molecule has 0 aliphatic carbocycles. The van der Waals surface area contributed by atoms with Crippen molar-refractivity contribution in [2.45, 2.75) is 26.9 Å². The fraction of sp³-hybridized carbons (Fsp3) is 0.143. The van der Waals surface area contributed by atoms with Crippen molar-refractivity contribution in [1.29, 1.82) is 0 Å². The van der Waals surface area contributed by atoms with Gasteiger partial charge in [-0.25, -0.2) is 9.69 Å². The number of carbonyl (C=O) groups is 4. The first-order valence-electron chi connectivity index (χ1n) is 11.5. The zero-order chi connectivity index (χ0) is 26.7. The fourth-order valence-electron chi connectivity index (χ4n) is 3.71. The van der Waals surface area contributed by atoms with Crippen LogP contribution in [0, 0.1) is 6.92 Å². The molecule has 0 unspecified atom stereocenters. The second kappa shape index (κ2) is 10.7. The van der Waals surface area contributed by atoms with E-state index in [1.165, 1.54) is 18.2 Å². The number of benzene rings is 3. The Morgan fingerprint density at radius 3 is 2.27 bits per heavy atom. The first kappa shape index (κ1) is 25.7. The molecule has 188 valence electrons. The topological polar surface area (TPSA) is 105 Å². The van der Waals surface area contributed by atoms with Gasteiger partial charge in [-0.15, -0.1) is 0 Å². The highest BCUT2D eigenvalue weighted by molar-refractivity contribution is 6.53. The van der Waals surface area contributed by atoms with Crippen molar-refractivity contribution in [2.24, 2.45) is 0 Å². The quantitative estimate of drug-likeness (QED) is 0.328. The van der Waals surface area contributed by atoms with Crippen LogP contribution in [-0.4, -0.2) is 29.8 Å². The lowest BCUT2D eigenvalue weighted by atomic mass is 10.1. The molecule has 1 heterocycles. The highest BCUT2D eigenvalue weighted by Gasteiger charge is 2.39. The Bertz CT molecular complexity index is 1450. The summed E-state index contributed by atoms with van der Waals surface area (Å²) < 4.78 is 5.19. The predicted molar refractivity (Wildman–Crippen MR) is 142 cm³/mol. The number of imide groups is 1. The third-order valence-corrected chi connectivity index (χ3v) is 5.73. The number of anilines is 3. The summed E-state index contributed by atoms with van der Waals surface area (Å²) in [4.78, 5) is 52.0. The Balaban J connectivity index is 1.53. The molecule has 0 saturated heterocycles. The molecule has 37 heavy (non-hydrogen) atoms. The predicted octanol–water partition coefficient (Wildman–Crippen LogP) is 5.25. The molecule has 8 nitrogen and oxygen atoms in total. The van der Waals surface area contributed by atoms with Crippen molar-refractivity contribution in [3.05, 3.63) is 100 Å². The van der Waals surface area contributed by atoms with Crippen molar-refractivity contribution < 1.29 is 23.9 Å². The van der Waals surface area contributed by atoms with Crippen LogP contribution in [0.15, 0.2) is 83.5 Å². The Hall–Kier alpha value is -4.43. The van der Waals surface area contributed by atoms with Gasteiger partial charge in [-0.2, -0.15) is 0 Å². The van der Waals surface area contributed by atoms with E-state index in [9.17, 15) is 19.2 Å². The number of rotatable bonds is 7. The van der Waals surface area contributed by atoms with Crippen LogP contribution in [0.25, 0.3) is 0 Å². The van der Waals surface area contributed by atoms with Crippen LogP contribution in [0.5, 0.6) is 0 Å². The third kappa shape index (κ3) is 5.70. The molecule has 0 saturated carbocycles. The summed E-state index contributed by atoms with van der Waals surface area (Å²) in [5.41, 5.74) is 2.62. The first-order valence-corrected chi connectivity index (χ1v) is 11.9. The van der Waals surface area contributed by atoms with Gasteiger partial charge < -0.3 is 15.4 Å². The summed E-state index contributed by atoms with van der Waals surface area (Å²) in [6, 6.07) is 19.8. The number of hydrogen-bond acceptors (Lipinski definition) is 6. The van der Waals surface area contributed by atoms with Gasteiger partial charge in [0.15, 0.2) is 0 Å².